The fourth-order valence-corrected chi connectivity index (χ4v) is 2.97. The summed E-state index contributed by atoms with van der Waals surface area (Å²) in [5, 5.41) is 4.26. The van der Waals surface area contributed by atoms with E-state index in [0.29, 0.717) is 21.0 Å². The second-order valence-electron chi connectivity index (χ2n) is 3.91. The molecule has 0 atom stereocenters. The normalized spacial score (nSPS) is 14.2. The Kier molecular flexibility index (Phi) is 4.96. The predicted octanol–water partition coefficient (Wildman–Crippen LogP) is 2.90. The maximum atomic E-state index is 11.7. The number of amides is 1. The number of aryl methyl sites for hydroxylation is 1. The van der Waals surface area contributed by atoms with Crippen LogP contribution in [0.4, 0.5) is 0 Å². The fourth-order valence-electron chi connectivity index (χ4n) is 1.58. The molecule has 102 valence electrons. The van der Waals surface area contributed by atoms with E-state index in [1.54, 1.807) is 12.1 Å². The van der Waals surface area contributed by atoms with Gasteiger partial charge in [0.1, 0.15) is 5.75 Å². The average Bonchev–Trinajstić information content (AvgIpc) is 2.80. The van der Waals surface area contributed by atoms with Crippen LogP contribution in [0.5, 0.6) is 5.75 Å². The molecule has 0 fully saturated rings. The van der Waals surface area contributed by atoms with Crippen molar-refractivity contribution in [2.24, 2.45) is 4.99 Å². The van der Waals surface area contributed by atoms with Crippen LogP contribution >= 0.6 is 35.0 Å². The third kappa shape index (κ3) is 4.03. The SMILES string of the molecule is Cc1cc(Cl)cc(Cl)c1OCC(=O)NC1=NCCS1. The van der Waals surface area contributed by atoms with Gasteiger partial charge in [-0.05, 0) is 24.6 Å². The molecule has 2 rings (SSSR count). The first-order valence-corrected chi connectivity index (χ1v) is 7.36. The van der Waals surface area contributed by atoms with Crippen molar-refractivity contribution < 1.29 is 9.53 Å². The maximum absolute atomic E-state index is 11.7. The van der Waals surface area contributed by atoms with Crippen molar-refractivity contribution in [2.75, 3.05) is 18.9 Å². The van der Waals surface area contributed by atoms with E-state index in [1.807, 2.05) is 6.92 Å². The number of carbonyl (C=O) groups excluding carboxylic acids is 1. The summed E-state index contributed by atoms with van der Waals surface area (Å²) >= 11 is 13.4. The Hall–Kier alpha value is -0.910. The van der Waals surface area contributed by atoms with E-state index >= 15 is 0 Å². The summed E-state index contributed by atoms with van der Waals surface area (Å²) in [7, 11) is 0. The lowest BCUT2D eigenvalue weighted by molar-refractivity contribution is -0.121. The minimum atomic E-state index is -0.251. The van der Waals surface area contributed by atoms with Crippen LogP contribution < -0.4 is 10.1 Å². The number of halogens is 2. The standard InChI is InChI=1S/C12H12Cl2N2O2S/c1-7-4-8(13)5-9(14)11(7)18-6-10(17)16-12-15-2-3-19-12/h4-5H,2-3,6H2,1H3,(H,15,16,17). The molecule has 0 saturated carbocycles. The molecule has 1 aliphatic rings. The molecule has 1 aliphatic heterocycles. The van der Waals surface area contributed by atoms with Crippen LogP contribution in [0.1, 0.15) is 5.56 Å². The Morgan fingerprint density at radius 2 is 2.32 bits per heavy atom. The molecule has 0 aliphatic carbocycles. The summed E-state index contributed by atoms with van der Waals surface area (Å²) in [4.78, 5) is 15.8. The summed E-state index contributed by atoms with van der Waals surface area (Å²) in [6.07, 6.45) is 0. The molecular formula is C12H12Cl2N2O2S. The van der Waals surface area contributed by atoms with Crippen molar-refractivity contribution in [2.45, 2.75) is 6.92 Å². The molecule has 1 N–H and O–H groups in total. The molecule has 0 bridgehead atoms. The van der Waals surface area contributed by atoms with Gasteiger partial charge in [0.05, 0.1) is 11.6 Å². The zero-order valence-electron chi connectivity index (χ0n) is 10.2. The van der Waals surface area contributed by atoms with Gasteiger partial charge in [-0.3, -0.25) is 9.79 Å². The lowest BCUT2D eigenvalue weighted by Gasteiger charge is -2.11. The topological polar surface area (TPSA) is 50.7 Å². The van der Waals surface area contributed by atoms with Gasteiger partial charge in [-0.1, -0.05) is 35.0 Å². The Balaban J connectivity index is 1.93. The summed E-state index contributed by atoms with van der Waals surface area (Å²) in [6, 6.07) is 3.32. The number of nitrogens with one attached hydrogen (secondary N) is 1. The van der Waals surface area contributed by atoms with Crippen LogP contribution in [0.15, 0.2) is 17.1 Å². The number of rotatable bonds is 3. The zero-order valence-corrected chi connectivity index (χ0v) is 12.5. The van der Waals surface area contributed by atoms with Crippen LogP contribution in [-0.2, 0) is 4.79 Å². The van der Waals surface area contributed by atoms with E-state index in [0.717, 1.165) is 17.9 Å². The molecule has 0 unspecified atom stereocenters. The molecule has 1 aromatic carbocycles. The van der Waals surface area contributed by atoms with E-state index in [4.69, 9.17) is 27.9 Å². The van der Waals surface area contributed by atoms with Gasteiger partial charge in [0.15, 0.2) is 11.8 Å². The molecule has 0 saturated heterocycles. The Bertz CT molecular complexity index is 511. The average molecular weight is 319 g/mol. The highest BCUT2D eigenvalue weighted by atomic mass is 35.5. The maximum Gasteiger partial charge on any atom is 0.263 e. The molecule has 0 radical (unpaired) electrons. The van der Waals surface area contributed by atoms with Crippen molar-refractivity contribution in [1.29, 1.82) is 0 Å². The van der Waals surface area contributed by atoms with Crippen molar-refractivity contribution in [1.82, 2.24) is 5.32 Å². The van der Waals surface area contributed by atoms with Crippen LogP contribution in [-0.4, -0.2) is 30.0 Å². The van der Waals surface area contributed by atoms with Gasteiger partial charge in [0.2, 0.25) is 0 Å². The highest BCUT2D eigenvalue weighted by molar-refractivity contribution is 8.14. The Morgan fingerprint density at radius 3 is 2.95 bits per heavy atom. The lowest BCUT2D eigenvalue weighted by Crippen LogP contribution is -2.32. The Labute approximate surface area is 125 Å². The van der Waals surface area contributed by atoms with Gasteiger partial charge in [0, 0.05) is 10.8 Å². The number of carbonyl (C=O) groups is 1. The van der Waals surface area contributed by atoms with Crippen LogP contribution in [0.25, 0.3) is 0 Å². The van der Waals surface area contributed by atoms with Crippen molar-refractivity contribution in [3.05, 3.63) is 27.7 Å². The minimum absolute atomic E-state index is 0.109. The first-order valence-electron chi connectivity index (χ1n) is 5.62. The first kappa shape index (κ1) is 14.5. The van der Waals surface area contributed by atoms with Crippen molar-refractivity contribution in [3.8, 4) is 5.75 Å². The molecule has 1 amide bonds. The monoisotopic (exact) mass is 318 g/mol. The van der Waals surface area contributed by atoms with Gasteiger partial charge in [-0.2, -0.15) is 0 Å². The largest absolute Gasteiger partial charge is 0.482 e. The van der Waals surface area contributed by atoms with Gasteiger partial charge in [0.25, 0.3) is 5.91 Å². The molecule has 0 aromatic heterocycles. The highest BCUT2D eigenvalue weighted by Crippen LogP contribution is 2.31. The highest BCUT2D eigenvalue weighted by Gasteiger charge is 2.13. The van der Waals surface area contributed by atoms with E-state index < -0.39 is 0 Å². The second-order valence-corrected chi connectivity index (χ2v) is 5.83. The van der Waals surface area contributed by atoms with E-state index in [-0.39, 0.29) is 12.5 Å². The number of nitrogens with zero attached hydrogens (tertiary/aromatic N) is 1. The van der Waals surface area contributed by atoms with Crippen LogP contribution in [0.2, 0.25) is 10.0 Å². The molecule has 1 heterocycles. The quantitative estimate of drug-likeness (QED) is 0.932. The fraction of sp³-hybridized carbons (Fsp3) is 0.333. The number of ether oxygens (including phenoxy) is 1. The van der Waals surface area contributed by atoms with E-state index in [9.17, 15) is 4.79 Å². The van der Waals surface area contributed by atoms with Gasteiger partial charge < -0.3 is 10.1 Å². The van der Waals surface area contributed by atoms with Gasteiger partial charge in [-0.25, -0.2) is 0 Å². The third-order valence-electron chi connectivity index (χ3n) is 2.37. The zero-order chi connectivity index (χ0) is 13.8. The predicted molar refractivity (Wildman–Crippen MR) is 79.6 cm³/mol. The molecule has 7 heteroatoms. The van der Waals surface area contributed by atoms with Gasteiger partial charge >= 0.3 is 0 Å². The number of thioether (sulfide) groups is 1. The summed E-state index contributed by atoms with van der Waals surface area (Å²) in [6.45, 7) is 2.45. The molecular weight excluding hydrogens is 307 g/mol. The van der Waals surface area contributed by atoms with Crippen molar-refractivity contribution in [3.63, 3.8) is 0 Å². The number of hydrogen-bond donors (Lipinski definition) is 1. The number of amidine groups is 1. The van der Waals surface area contributed by atoms with E-state index in [2.05, 4.69) is 10.3 Å². The molecule has 4 nitrogen and oxygen atoms in total. The summed E-state index contributed by atoms with van der Waals surface area (Å²) < 4.78 is 5.43. The smallest absolute Gasteiger partial charge is 0.263 e. The van der Waals surface area contributed by atoms with Crippen molar-refractivity contribution >= 4 is 46.0 Å². The Morgan fingerprint density at radius 1 is 1.53 bits per heavy atom. The van der Waals surface area contributed by atoms with Crippen LogP contribution in [0, 0.1) is 6.92 Å². The molecule has 1 aromatic rings. The van der Waals surface area contributed by atoms with Gasteiger partial charge in [-0.15, -0.1) is 0 Å². The van der Waals surface area contributed by atoms with E-state index in [1.165, 1.54) is 11.8 Å². The lowest BCUT2D eigenvalue weighted by atomic mass is 10.2. The molecule has 0 spiro atoms. The summed E-state index contributed by atoms with van der Waals surface area (Å²) in [5.41, 5.74) is 0.790. The molecule has 19 heavy (non-hydrogen) atoms. The third-order valence-corrected chi connectivity index (χ3v) is 3.76. The summed E-state index contributed by atoms with van der Waals surface area (Å²) in [5.74, 6) is 1.12. The number of aliphatic imine (C=N–C) groups is 1. The first-order chi connectivity index (χ1) is 9.06. The number of benzene rings is 1. The second kappa shape index (κ2) is 6.50. The minimum Gasteiger partial charge on any atom is -0.482 e. The van der Waals surface area contributed by atoms with Crippen LogP contribution in [0.3, 0.4) is 0 Å². The number of hydrogen-bond acceptors (Lipinski definition) is 4.